The van der Waals surface area contributed by atoms with Crippen LogP contribution >= 0.6 is 0 Å². The van der Waals surface area contributed by atoms with Gasteiger partial charge in [-0.2, -0.15) is 8.42 Å². The van der Waals surface area contributed by atoms with Crippen molar-refractivity contribution >= 4 is 21.9 Å². The fraction of sp³-hybridized carbons (Fsp3) is 0.440. The molecule has 0 unspecified atom stereocenters. The van der Waals surface area contributed by atoms with Crippen LogP contribution in [-0.2, 0) is 36.7 Å². The summed E-state index contributed by atoms with van der Waals surface area (Å²) in [6, 6.07) is 18.4. The van der Waals surface area contributed by atoms with Crippen molar-refractivity contribution in [2.24, 2.45) is 5.92 Å². The molecule has 8 heteroatoms. The van der Waals surface area contributed by atoms with Gasteiger partial charge in [0.15, 0.2) is 0 Å². The second-order valence-corrected chi connectivity index (χ2v) is 10.1. The number of hydrogen-bond donors (Lipinski definition) is 2. The minimum absolute atomic E-state index is 0.115. The van der Waals surface area contributed by atoms with E-state index in [1.54, 1.807) is 0 Å². The molecule has 1 atom stereocenters. The third kappa shape index (κ3) is 11.1. The summed E-state index contributed by atoms with van der Waals surface area (Å²) >= 11 is 0. The molecule has 2 aromatic carbocycles. The van der Waals surface area contributed by atoms with Gasteiger partial charge in [0.2, 0.25) is 11.8 Å². The predicted molar refractivity (Wildman–Crippen MR) is 129 cm³/mol. The second kappa shape index (κ2) is 13.7. The Kier molecular flexibility index (Phi) is 11.1. The number of carbonyl (C=O) groups excluding carboxylic acids is 2. The zero-order valence-electron chi connectivity index (χ0n) is 19.3. The molecule has 2 rings (SSSR count). The van der Waals surface area contributed by atoms with Crippen LogP contribution in [0.1, 0.15) is 37.8 Å². The summed E-state index contributed by atoms with van der Waals surface area (Å²) in [5, 5.41) is 5.58. The van der Waals surface area contributed by atoms with Gasteiger partial charge >= 0.3 is 0 Å². The predicted octanol–water partition coefficient (Wildman–Crippen LogP) is 2.86. The molecule has 7 nitrogen and oxygen atoms in total. The molecule has 0 heterocycles. The normalized spacial score (nSPS) is 12.3. The number of nitrogens with one attached hydrogen (secondary N) is 2. The molecule has 0 bridgehead atoms. The number of carbonyl (C=O) groups is 2. The van der Waals surface area contributed by atoms with E-state index in [1.807, 2.05) is 74.5 Å². The maximum absolute atomic E-state index is 12.8. The van der Waals surface area contributed by atoms with Gasteiger partial charge in [0, 0.05) is 19.4 Å². The monoisotopic (exact) mass is 474 g/mol. The third-order valence-corrected chi connectivity index (χ3v) is 6.15. The Bertz CT molecular complexity index is 963. The molecule has 0 radical (unpaired) electrons. The summed E-state index contributed by atoms with van der Waals surface area (Å²) in [5.41, 5.74) is 1.98. The number of hydrogen-bond acceptors (Lipinski definition) is 5. The van der Waals surface area contributed by atoms with Crippen LogP contribution in [0.5, 0.6) is 0 Å². The molecule has 33 heavy (non-hydrogen) atoms. The average molecular weight is 475 g/mol. The summed E-state index contributed by atoms with van der Waals surface area (Å²) < 4.78 is 28.7. The first-order chi connectivity index (χ1) is 15.7. The maximum Gasteiger partial charge on any atom is 0.267 e. The Labute approximate surface area is 197 Å². The highest BCUT2D eigenvalue weighted by molar-refractivity contribution is 7.86. The molecule has 2 amide bonds. The molecule has 0 fully saturated rings. The highest BCUT2D eigenvalue weighted by atomic mass is 32.2. The van der Waals surface area contributed by atoms with Crippen LogP contribution in [0.25, 0.3) is 0 Å². The molecule has 180 valence electrons. The number of benzene rings is 2. The third-order valence-electron chi connectivity index (χ3n) is 4.87. The first kappa shape index (κ1) is 26.5. The zero-order chi connectivity index (χ0) is 24.1. The Hall–Kier alpha value is -2.71. The van der Waals surface area contributed by atoms with E-state index in [4.69, 9.17) is 4.18 Å². The van der Waals surface area contributed by atoms with Crippen LogP contribution in [-0.4, -0.2) is 45.2 Å². The van der Waals surface area contributed by atoms with Crippen LogP contribution in [0.4, 0.5) is 0 Å². The van der Waals surface area contributed by atoms with Crippen molar-refractivity contribution in [1.29, 1.82) is 0 Å². The smallest absolute Gasteiger partial charge is 0.267 e. The van der Waals surface area contributed by atoms with E-state index in [-0.39, 0.29) is 49.5 Å². The van der Waals surface area contributed by atoms with E-state index >= 15 is 0 Å². The molecule has 0 aromatic heterocycles. The summed E-state index contributed by atoms with van der Waals surface area (Å²) in [6.07, 6.45) is 1.43. The van der Waals surface area contributed by atoms with Gasteiger partial charge in [-0.05, 0) is 29.9 Å². The fourth-order valence-corrected chi connectivity index (χ4v) is 4.21. The van der Waals surface area contributed by atoms with Gasteiger partial charge in [0.05, 0.1) is 12.4 Å². The molecule has 0 saturated carbocycles. The van der Waals surface area contributed by atoms with Crippen molar-refractivity contribution < 1.29 is 22.2 Å². The molecule has 0 spiro atoms. The Morgan fingerprint density at radius 3 is 2.15 bits per heavy atom. The highest BCUT2D eigenvalue weighted by Crippen LogP contribution is 2.06. The summed E-state index contributed by atoms with van der Waals surface area (Å²) in [4.78, 5) is 25.3. The molecule has 0 aliphatic carbocycles. The minimum Gasteiger partial charge on any atom is -0.354 e. The van der Waals surface area contributed by atoms with Gasteiger partial charge in [-0.1, -0.05) is 74.5 Å². The number of aryl methyl sites for hydroxylation is 1. The molecular weight excluding hydrogens is 440 g/mol. The minimum atomic E-state index is -3.62. The Morgan fingerprint density at radius 1 is 0.939 bits per heavy atom. The van der Waals surface area contributed by atoms with E-state index in [0.29, 0.717) is 12.8 Å². The fourth-order valence-electron chi connectivity index (χ4n) is 3.11. The number of amides is 2. The quantitative estimate of drug-likeness (QED) is 0.324. The summed E-state index contributed by atoms with van der Waals surface area (Å²) in [7, 11) is -3.62. The van der Waals surface area contributed by atoms with Crippen molar-refractivity contribution in [1.82, 2.24) is 10.6 Å². The first-order valence-electron chi connectivity index (χ1n) is 11.3. The SMILES string of the molecule is CC(C)COS(=O)(=O)CCCNC(=O)[C@H](Cc1ccccc1)NC(=O)CCc1ccccc1. The van der Waals surface area contributed by atoms with E-state index in [0.717, 1.165) is 11.1 Å². The number of rotatable bonds is 14. The van der Waals surface area contributed by atoms with E-state index < -0.39 is 16.2 Å². The zero-order valence-corrected chi connectivity index (χ0v) is 20.1. The van der Waals surface area contributed by atoms with Gasteiger partial charge in [0.1, 0.15) is 6.04 Å². The van der Waals surface area contributed by atoms with Crippen molar-refractivity contribution in [2.45, 2.75) is 45.6 Å². The molecular formula is C25H34N2O5S. The van der Waals surface area contributed by atoms with Gasteiger partial charge in [-0.3, -0.25) is 13.8 Å². The Balaban J connectivity index is 1.88. The van der Waals surface area contributed by atoms with Gasteiger partial charge in [-0.25, -0.2) is 0 Å². The van der Waals surface area contributed by atoms with Crippen LogP contribution in [0, 0.1) is 5.92 Å². The van der Waals surface area contributed by atoms with Crippen molar-refractivity contribution in [2.75, 3.05) is 18.9 Å². The average Bonchev–Trinajstić information content (AvgIpc) is 2.80. The lowest BCUT2D eigenvalue weighted by Crippen LogP contribution is -2.48. The molecule has 2 N–H and O–H groups in total. The van der Waals surface area contributed by atoms with Crippen LogP contribution in [0.3, 0.4) is 0 Å². The maximum atomic E-state index is 12.8. The lowest BCUT2D eigenvalue weighted by Gasteiger charge is -2.19. The molecule has 2 aromatic rings. The topological polar surface area (TPSA) is 102 Å². The molecule has 0 saturated heterocycles. The molecule has 0 aliphatic rings. The summed E-state index contributed by atoms with van der Waals surface area (Å²) in [5.74, 6) is -0.608. The van der Waals surface area contributed by atoms with E-state index in [1.165, 1.54) is 0 Å². The molecule has 0 aliphatic heterocycles. The van der Waals surface area contributed by atoms with Crippen LogP contribution in [0.15, 0.2) is 60.7 Å². The van der Waals surface area contributed by atoms with Crippen molar-refractivity contribution in [3.8, 4) is 0 Å². The van der Waals surface area contributed by atoms with Gasteiger partial charge in [0.25, 0.3) is 10.1 Å². The highest BCUT2D eigenvalue weighted by Gasteiger charge is 2.21. The standard InChI is InChI=1S/C25H34N2O5S/c1-20(2)19-32-33(30,31)17-9-16-26-25(29)23(18-22-12-7-4-8-13-22)27-24(28)15-14-21-10-5-3-6-11-21/h3-8,10-13,20,23H,9,14-19H2,1-2H3,(H,26,29)(H,27,28)/t23-/m0/s1. The van der Waals surface area contributed by atoms with Crippen molar-refractivity contribution in [3.63, 3.8) is 0 Å². The van der Waals surface area contributed by atoms with E-state index in [9.17, 15) is 18.0 Å². The van der Waals surface area contributed by atoms with Gasteiger partial charge < -0.3 is 10.6 Å². The Morgan fingerprint density at radius 2 is 1.55 bits per heavy atom. The summed E-state index contributed by atoms with van der Waals surface area (Å²) in [6.45, 7) is 4.06. The van der Waals surface area contributed by atoms with E-state index in [2.05, 4.69) is 10.6 Å². The van der Waals surface area contributed by atoms with Gasteiger partial charge in [-0.15, -0.1) is 0 Å². The van der Waals surface area contributed by atoms with Crippen LogP contribution in [0.2, 0.25) is 0 Å². The lowest BCUT2D eigenvalue weighted by molar-refractivity contribution is -0.129. The first-order valence-corrected chi connectivity index (χ1v) is 12.8. The largest absolute Gasteiger partial charge is 0.354 e. The van der Waals surface area contributed by atoms with Crippen molar-refractivity contribution in [3.05, 3.63) is 71.8 Å². The second-order valence-electron chi connectivity index (χ2n) is 8.38. The lowest BCUT2D eigenvalue weighted by atomic mass is 10.0. The van der Waals surface area contributed by atoms with Crippen LogP contribution < -0.4 is 10.6 Å².